The molecule has 0 aliphatic carbocycles. The first-order valence-electron chi connectivity index (χ1n) is 4.69. The Kier molecular flexibility index (Phi) is 4.97. The first-order chi connectivity index (χ1) is 7.27. The number of anilines is 1. The molecule has 0 saturated heterocycles. The molecule has 1 amide bonds. The summed E-state index contributed by atoms with van der Waals surface area (Å²) in [5.41, 5.74) is 1.35. The lowest BCUT2D eigenvalue weighted by Crippen LogP contribution is -2.26. The van der Waals surface area contributed by atoms with E-state index in [1.54, 1.807) is 24.0 Å². The first-order valence-corrected chi connectivity index (χ1v) is 6.08. The molecule has 0 unspecified atom stereocenters. The van der Waals surface area contributed by atoms with E-state index in [1.807, 2.05) is 19.4 Å². The van der Waals surface area contributed by atoms with Crippen LogP contribution >= 0.6 is 11.8 Å². The standard InChI is InChI=1S/C10H15N3OS/c1-11-8-3-4-9(13-7-8)10(14)12-5-6-15-2/h3-4,7,11H,5-6H2,1-2H3,(H,12,14). The third-order valence-corrected chi connectivity index (χ3v) is 2.49. The number of aromatic nitrogens is 1. The van der Waals surface area contributed by atoms with Crippen molar-refractivity contribution in [3.63, 3.8) is 0 Å². The van der Waals surface area contributed by atoms with Crippen LogP contribution in [-0.4, -0.2) is 36.5 Å². The van der Waals surface area contributed by atoms with Gasteiger partial charge in [0.1, 0.15) is 5.69 Å². The van der Waals surface area contributed by atoms with Gasteiger partial charge in [0, 0.05) is 19.3 Å². The number of rotatable bonds is 5. The van der Waals surface area contributed by atoms with Gasteiger partial charge >= 0.3 is 0 Å². The number of thioether (sulfide) groups is 1. The average Bonchev–Trinajstić information content (AvgIpc) is 2.29. The fraction of sp³-hybridized carbons (Fsp3) is 0.400. The summed E-state index contributed by atoms with van der Waals surface area (Å²) in [6, 6.07) is 3.54. The minimum absolute atomic E-state index is 0.119. The third-order valence-electron chi connectivity index (χ3n) is 1.88. The second kappa shape index (κ2) is 6.29. The lowest BCUT2D eigenvalue weighted by Gasteiger charge is -2.04. The van der Waals surface area contributed by atoms with Crippen molar-refractivity contribution in [1.29, 1.82) is 0 Å². The molecule has 1 rings (SSSR count). The molecule has 0 aromatic carbocycles. The quantitative estimate of drug-likeness (QED) is 0.740. The smallest absolute Gasteiger partial charge is 0.269 e. The highest BCUT2D eigenvalue weighted by Gasteiger charge is 2.05. The van der Waals surface area contributed by atoms with Crippen molar-refractivity contribution in [2.75, 3.05) is 30.9 Å². The van der Waals surface area contributed by atoms with Crippen LogP contribution in [0.3, 0.4) is 0 Å². The highest BCUT2D eigenvalue weighted by molar-refractivity contribution is 7.98. The van der Waals surface area contributed by atoms with Gasteiger partial charge in [0.05, 0.1) is 11.9 Å². The van der Waals surface area contributed by atoms with Crippen molar-refractivity contribution in [3.8, 4) is 0 Å². The fourth-order valence-corrected chi connectivity index (χ4v) is 1.34. The molecule has 0 aliphatic rings. The van der Waals surface area contributed by atoms with Crippen LogP contribution in [-0.2, 0) is 0 Å². The van der Waals surface area contributed by atoms with Gasteiger partial charge < -0.3 is 10.6 Å². The summed E-state index contributed by atoms with van der Waals surface area (Å²) in [6.07, 6.45) is 3.65. The number of nitrogens with one attached hydrogen (secondary N) is 2. The Balaban J connectivity index is 2.50. The zero-order valence-corrected chi connectivity index (χ0v) is 9.73. The number of hydrogen-bond acceptors (Lipinski definition) is 4. The molecule has 0 fully saturated rings. The largest absolute Gasteiger partial charge is 0.387 e. The Morgan fingerprint density at radius 2 is 2.33 bits per heavy atom. The molecule has 1 aromatic rings. The highest BCUT2D eigenvalue weighted by atomic mass is 32.2. The number of nitrogens with zero attached hydrogens (tertiary/aromatic N) is 1. The van der Waals surface area contributed by atoms with Crippen LogP contribution in [0.4, 0.5) is 5.69 Å². The Labute approximate surface area is 93.9 Å². The van der Waals surface area contributed by atoms with Crippen LogP contribution < -0.4 is 10.6 Å². The Bertz CT molecular complexity index is 313. The lowest BCUT2D eigenvalue weighted by atomic mass is 10.3. The number of pyridine rings is 1. The molecular weight excluding hydrogens is 210 g/mol. The maximum atomic E-state index is 11.5. The molecule has 1 aromatic heterocycles. The van der Waals surface area contributed by atoms with Crippen molar-refractivity contribution >= 4 is 23.4 Å². The number of carbonyl (C=O) groups is 1. The van der Waals surface area contributed by atoms with Gasteiger partial charge in [-0.1, -0.05) is 0 Å². The van der Waals surface area contributed by atoms with Gasteiger partial charge in [-0.25, -0.2) is 4.98 Å². The summed E-state index contributed by atoms with van der Waals surface area (Å²) < 4.78 is 0. The normalized spacial score (nSPS) is 9.73. The van der Waals surface area contributed by atoms with Gasteiger partial charge in [-0.15, -0.1) is 0 Å². The Morgan fingerprint density at radius 3 is 2.87 bits per heavy atom. The van der Waals surface area contributed by atoms with E-state index in [0.717, 1.165) is 11.4 Å². The van der Waals surface area contributed by atoms with Crippen LogP contribution in [0.1, 0.15) is 10.5 Å². The zero-order valence-electron chi connectivity index (χ0n) is 8.91. The summed E-state index contributed by atoms with van der Waals surface area (Å²) >= 11 is 1.70. The topological polar surface area (TPSA) is 54.0 Å². The molecule has 1 heterocycles. The molecule has 0 radical (unpaired) electrons. The third kappa shape index (κ3) is 3.79. The van der Waals surface area contributed by atoms with E-state index in [2.05, 4.69) is 15.6 Å². The minimum Gasteiger partial charge on any atom is -0.387 e. The predicted molar refractivity (Wildman–Crippen MR) is 64.5 cm³/mol. The number of carbonyl (C=O) groups excluding carboxylic acids is 1. The van der Waals surface area contributed by atoms with E-state index in [-0.39, 0.29) is 5.91 Å². The molecule has 0 atom stereocenters. The SMILES string of the molecule is CNc1ccc(C(=O)NCCSC)nc1. The van der Waals surface area contributed by atoms with E-state index < -0.39 is 0 Å². The van der Waals surface area contributed by atoms with Crippen molar-refractivity contribution in [2.45, 2.75) is 0 Å². The summed E-state index contributed by atoms with van der Waals surface area (Å²) in [7, 11) is 1.81. The van der Waals surface area contributed by atoms with Crippen molar-refractivity contribution in [1.82, 2.24) is 10.3 Å². The van der Waals surface area contributed by atoms with Crippen LogP contribution in [0.25, 0.3) is 0 Å². The minimum atomic E-state index is -0.119. The lowest BCUT2D eigenvalue weighted by molar-refractivity contribution is 0.0951. The predicted octanol–water partition coefficient (Wildman–Crippen LogP) is 1.22. The molecule has 0 aliphatic heterocycles. The second-order valence-electron chi connectivity index (χ2n) is 2.93. The van der Waals surface area contributed by atoms with E-state index in [4.69, 9.17) is 0 Å². The van der Waals surface area contributed by atoms with Gasteiger partial charge in [-0.3, -0.25) is 4.79 Å². The molecule has 82 valence electrons. The maximum absolute atomic E-state index is 11.5. The molecule has 15 heavy (non-hydrogen) atoms. The highest BCUT2D eigenvalue weighted by Crippen LogP contribution is 2.04. The maximum Gasteiger partial charge on any atom is 0.269 e. The van der Waals surface area contributed by atoms with Gasteiger partial charge in [0.25, 0.3) is 5.91 Å². The Hall–Kier alpha value is -1.23. The van der Waals surface area contributed by atoms with E-state index in [0.29, 0.717) is 12.2 Å². The van der Waals surface area contributed by atoms with Crippen LogP contribution in [0.2, 0.25) is 0 Å². The van der Waals surface area contributed by atoms with Crippen LogP contribution in [0, 0.1) is 0 Å². The van der Waals surface area contributed by atoms with Crippen LogP contribution in [0.5, 0.6) is 0 Å². The first kappa shape index (κ1) is 11.8. The summed E-state index contributed by atoms with van der Waals surface area (Å²) in [5.74, 6) is 0.798. The molecule has 2 N–H and O–H groups in total. The van der Waals surface area contributed by atoms with Crippen molar-refractivity contribution in [2.24, 2.45) is 0 Å². The van der Waals surface area contributed by atoms with E-state index in [1.165, 1.54) is 0 Å². The van der Waals surface area contributed by atoms with Gasteiger partial charge in [-0.05, 0) is 18.4 Å². The Morgan fingerprint density at radius 1 is 1.53 bits per heavy atom. The molecule has 0 bridgehead atoms. The van der Waals surface area contributed by atoms with E-state index in [9.17, 15) is 4.79 Å². The van der Waals surface area contributed by atoms with Gasteiger partial charge in [-0.2, -0.15) is 11.8 Å². The van der Waals surface area contributed by atoms with Gasteiger partial charge in [0.15, 0.2) is 0 Å². The zero-order chi connectivity index (χ0) is 11.1. The number of hydrogen-bond donors (Lipinski definition) is 2. The summed E-state index contributed by atoms with van der Waals surface area (Å²) in [5, 5.41) is 5.74. The molecule has 0 saturated carbocycles. The summed E-state index contributed by atoms with van der Waals surface area (Å²) in [6.45, 7) is 0.676. The number of amides is 1. The van der Waals surface area contributed by atoms with E-state index >= 15 is 0 Å². The monoisotopic (exact) mass is 225 g/mol. The summed E-state index contributed by atoms with van der Waals surface area (Å²) in [4.78, 5) is 15.6. The van der Waals surface area contributed by atoms with Crippen LogP contribution in [0.15, 0.2) is 18.3 Å². The second-order valence-corrected chi connectivity index (χ2v) is 3.92. The fourth-order valence-electron chi connectivity index (χ4n) is 1.03. The van der Waals surface area contributed by atoms with Gasteiger partial charge in [0.2, 0.25) is 0 Å². The van der Waals surface area contributed by atoms with Crippen molar-refractivity contribution in [3.05, 3.63) is 24.0 Å². The van der Waals surface area contributed by atoms with Crippen molar-refractivity contribution < 1.29 is 4.79 Å². The molecule has 5 heteroatoms. The average molecular weight is 225 g/mol. The molecule has 4 nitrogen and oxygen atoms in total. The molecule has 0 spiro atoms. The molecular formula is C10H15N3OS.